The van der Waals surface area contributed by atoms with Gasteiger partial charge in [0.1, 0.15) is 0 Å². The van der Waals surface area contributed by atoms with Crippen LogP contribution in [0.25, 0.3) is 0 Å². The zero-order chi connectivity index (χ0) is 14.3. The highest BCUT2D eigenvalue weighted by Crippen LogP contribution is 2.35. The lowest BCUT2D eigenvalue weighted by atomic mass is 9.76. The van der Waals surface area contributed by atoms with E-state index in [4.69, 9.17) is 0 Å². The molecule has 0 amide bonds. The van der Waals surface area contributed by atoms with Gasteiger partial charge in [-0.3, -0.25) is 4.79 Å². The molecule has 1 aliphatic carbocycles. The number of Topliss-reactive ketones (excluding diaryl/α,β-unsaturated/α-hetero) is 1. The van der Waals surface area contributed by atoms with Gasteiger partial charge < -0.3 is 4.57 Å². The number of halogens is 1. The number of nitrogens with zero attached hydrogens (tertiary/aromatic N) is 1. The van der Waals surface area contributed by atoms with E-state index in [2.05, 4.69) is 46.5 Å². The Morgan fingerprint density at radius 1 is 1.20 bits per heavy atom. The molecule has 1 aromatic carbocycles. The van der Waals surface area contributed by atoms with Crippen LogP contribution in [0.1, 0.15) is 41.9 Å². The first kappa shape index (κ1) is 13.6. The van der Waals surface area contributed by atoms with Crippen LogP contribution in [-0.2, 0) is 13.0 Å². The van der Waals surface area contributed by atoms with E-state index in [1.54, 1.807) is 0 Å². The molecule has 20 heavy (non-hydrogen) atoms. The Morgan fingerprint density at radius 3 is 2.70 bits per heavy atom. The molecule has 3 heteroatoms. The molecular weight excluding hydrogens is 314 g/mol. The van der Waals surface area contributed by atoms with Gasteiger partial charge in [0, 0.05) is 34.9 Å². The summed E-state index contributed by atoms with van der Waals surface area (Å²) in [6, 6.07) is 10.2. The molecule has 0 aliphatic heterocycles. The lowest BCUT2D eigenvalue weighted by molar-refractivity contribution is 0.0910. The van der Waals surface area contributed by atoms with Crippen molar-refractivity contribution in [2.24, 2.45) is 5.41 Å². The van der Waals surface area contributed by atoms with Gasteiger partial charge in [0.2, 0.25) is 0 Å². The molecule has 1 aliphatic rings. The number of aromatic nitrogens is 1. The summed E-state index contributed by atoms with van der Waals surface area (Å²) in [6.07, 6.45) is 3.66. The Kier molecular flexibility index (Phi) is 3.33. The van der Waals surface area contributed by atoms with Crippen molar-refractivity contribution in [2.45, 2.75) is 33.2 Å². The highest BCUT2D eigenvalue weighted by molar-refractivity contribution is 9.10. The fourth-order valence-electron chi connectivity index (χ4n) is 2.96. The van der Waals surface area contributed by atoms with Crippen molar-refractivity contribution in [3.8, 4) is 0 Å². The molecule has 0 bridgehead atoms. The number of rotatable bonds is 2. The first-order valence-corrected chi connectivity index (χ1v) is 7.70. The topological polar surface area (TPSA) is 22.0 Å². The van der Waals surface area contributed by atoms with Gasteiger partial charge >= 0.3 is 0 Å². The molecule has 0 saturated heterocycles. The molecule has 0 radical (unpaired) electrons. The Bertz CT molecular complexity index is 669. The van der Waals surface area contributed by atoms with Crippen LogP contribution in [0.3, 0.4) is 0 Å². The summed E-state index contributed by atoms with van der Waals surface area (Å²) >= 11 is 3.59. The lowest BCUT2D eigenvalue weighted by Gasteiger charge is -2.29. The number of benzene rings is 1. The van der Waals surface area contributed by atoms with Gasteiger partial charge in [0.15, 0.2) is 5.78 Å². The summed E-state index contributed by atoms with van der Waals surface area (Å²) in [5.41, 5.74) is 3.40. The quantitative estimate of drug-likeness (QED) is 0.796. The standard InChI is InChI=1S/C17H18BrNO/c1-17(2)9-15-13(16(20)10-17)7-8-19(15)11-12-5-3-4-6-14(12)18/h3-8H,9-11H2,1-2H3. The molecule has 104 valence electrons. The molecule has 2 aromatic rings. The predicted molar refractivity (Wildman–Crippen MR) is 84.1 cm³/mol. The van der Waals surface area contributed by atoms with Gasteiger partial charge in [-0.15, -0.1) is 0 Å². The molecule has 0 N–H and O–H groups in total. The fraction of sp³-hybridized carbons (Fsp3) is 0.353. The number of fused-ring (bicyclic) bond motifs is 1. The molecule has 1 aromatic heterocycles. The number of hydrogen-bond donors (Lipinski definition) is 0. The Balaban J connectivity index is 1.98. The second-order valence-corrected chi connectivity index (χ2v) is 7.19. The maximum absolute atomic E-state index is 12.2. The van der Waals surface area contributed by atoms with Gasteiger partial charge in [-0.1, -0.05) is 48.0 Å². The van der Waals surface area contributed by atoms with Crippen LogP contribution < -0.4 is 0 Å². The maximum atomic E-state index is 12.2. The van der Waals surface area contributed by atoms with Crippen molar-refractivity contribution in [3.63, 3.8) is 0 Å². The SMILES string of the molecule is CC1(C)CC(=O)c2ccn(Cc3ccccc3Br)c2C1. The summed E-state index contributed by atoms with van der Waals surface area (Å²) < 4.78 is 3.33. The number of hydrogen-bond acceptors (Lipinski definition) is 1. The molecule has 3 rings (SSSR count). The minimum Gasteiger partial charge on any atom is -0.346 e. The molecule has 1 heterocycles. The number of carbonyl (C=O) groups is 1. The Labute approximate surface area is 127 Å². The van der Waals surface area contributed by atoms with E-state index in [1.165, 1.54) is 11.3 Å². The summed E-state index contributed by atoms with van der Waals surface area (Å²) in [5, 5.41) is 0. The van der Waals surface area contributed by atoms with Gasteiger partial charge in [-0.05, 0) is 29.5 Å². The van der Waals surface area contributed by atoms with Crippen LogP contribution in [0, 0.1) is 5.41 Å². The van der Waals surface area contributed by atoms with E-state index in [0.717, 1.165) is 23.0 Å². The third-order valence-electron chi connectivity index (χ3n) is 3.96. The van der Waals surface area contributed by atoms with Crippen molar-refractivity contribution in [1.82, 2.24) is 4.57 Å². The highest BCUT2D eigenvalue weighted by Gasteiger charge is 2.32. The van der Waals surface area contributed by atoms with Crippen LogP contribution in [-0.4, -0.2) is 10.4 Å². The van der Waals surface area contributed by atoms with Crippen molar-refractivity contribution in [1.29, 1.82) is 0 Å². The van der Waals surface area contributed by atoms with Crippen molar-refractivity contribution >= 4 is 21.7 Å². The van der Waals surface area contributed by atoms with Crippen LogP contribution in [0.4, 0.5) is 0 Å². The molecule has 0 saturated carbocycles. The molecule has 0 spiro atoms. The maximum Gasteiger partial charge on any atom is 0.165 e. The van der Waals surface area contributed by atoms with Crippen LogP contribution >= 0.6 is 15.9 Å². The first-order chi connectivity index (χ1) is 9.46. The predicted octanol–water partition coefficient (Wildman–Crippen LogP) is 4.45. The smallest absolute Gasteiger partial charge is 0.165 e. The van der Waals surface area contributed by atoms with Crippen LogP contribution in [0.5, 0.6) is 0 Å². The zero-order valence-corrected chi connectivity index (χ0v) is 13.4. The van der Waals surface area contributed by atoms with Gasteiger partial charge in [0.25, 0.3) is 0 Å². The normalized spacial score (nSPS) is 17.1. The molecule has 2 nitrogen and oxygen atoms in total. The second kappa shape index (κ2) is 4.88. The third-order valence-corrected chi connectivity index (χ3v) is 4.74. The summed E-state index contributed by atoms with van der Waals surface area (Å²) in [7, 11) is 0. The largest absolute Gasteiger partial charge is 0.346 e. The van der Waals surface area contributed by atoms with Crippen LogP contribution in [0.15, 0.2) is 41.0 Å². The van der Waals surface area contributed by atoms with Crippen LogP contribution in [0.2, 0.25) is 0 Å². The third kappa shape index (κ3) is 2.47. The molecule has 0 fully saturated rings. The van der Waals surface area contributed by atoms with Gasteiger partial charge in [-0.2, -0.15) is 0 Å². The minimum atomic E-state index is 0.0636. The van der Waals surface area contributed by atoms with E-state index >= 15 is 0 Å². The zero-order valence-electron chi connectivity index (χ0n) is 11.8. The van der Waals surface area contributed by atoms with E-state index in [9.17, 15) is 4.79 Å². The van der Waals surface area contributed by atoms with Gasteiger partial charge in [-0.25, -0.2) is 0 Å². The molecule has 0 atom stereocenters. The molecule has 0 unspecified atom stereocenters. The summed E-state index contributed by atoms with van der Waals surface area (Å²) in [4.78, 5) is 12.2. The van der Waals surface area contributed by atoms with E-state index in [0.29, 0.717) is 6.42 Å². The van der Waals surface area contributed by atoms with E-state index in [1.807, 2.05) is 24.4 Å². The fourth-order valence-corrected chi connectivity index (χ4v) is 3.37. The Hall–Kier alpha value is -1.35. The minimum absolute atomic E-state index is 0.0636. The summed E-state index contributed by atoms with van der Waals surface area (Å²) in [5.74, 6) is 0.280. The number of carbonyl (C=O) groups excluding carboxylic acids is 1. The number of ketones is 1. The van der Waals surface area contributed by atoms with Crippen molar-refractivity contribution < 1.29 is 4.79 Å². The van der Waals surface area contributed by atoms with E-state index in [-0.39, 0.29) is 11.2 Å². The lowest BCUT2D eigenvalue weighted by Crippen LogP contribution is -2.28. The molecular formula is C17H18BrNO. The average molecular weight is 332 g/mol. The van der Waals surface area contributed by atoms with Crippen molar-refractivity contribution in [3.05, 3.63) is 57.8 Å². The summed E-state index contributed by atoms with van der Waals surface area (Å²) in [6.45, 7) is 5.15. The van der Waals surface area contributed by atoms with Gasteiger partial charge in [0.05, 0.1) is 0 Å². The first-order valence-electron chi connectivity index (χ1n) is 6.91. The van der Waals surface area contributed by atoms with Crippen molar-refractivity contribution in [2.75, 3.05) is 0 Å². The van der Waals surface area contributed by atoms with E-state index < -0.39 is 0 Å². The Morgan fingerprint density at radius 2 is 1.95 bits per heavy atom. The second-order valence-electron chi connectivity index (χ2n) is 6.34. The monoisotopic (exact) mass is 331 g/mol. The average Bonchev–Trinajstić information content (AvgIpc) is 2.74. The highest BCUT2D eigenvalue weighted by atomic mass is 79.9.